The Balaban J connectivity index is 1.90. The summed E-state index contributed by atoms with van der Waals surface area (Å²) in [6.45, 7) is 7.19. The molecule has 106 valence electrons. The van der Waals surface area contributed by atoms with Crippen molar-refractivity contribution in [1.82, 2.24) is 10.3 Å². The minimum absolute atomic E-state index is 0.681. The summed E-state index contributed by atoms with van der Waals surface area (Å²) in [7, 11) is 0. The van der Waals surface area contributed by atoms with Crippen LogP contribution in [0.2, 0.25) is 0 Å². The number of aromatic nitrogens is 1. The van der Waals surface area contributed by atoms with Crippen molar-refractivity contribution in [3.05, 3.63) is 65.0 Å². The number of benzene rings is 1. The van der Waals surface area contributed by atoms with Crippen LogP contribution >= 0.6 is 0 Å². The normalized spacial score (nSPS) is 10.7. The van der Waals surface area contributed by atoms with Crippen LogP contribution in [0.4, 0.5) is 0 Å². The molecule has 0 atom stereocenters. The molecule has 0 amide bonds. The molecule has 2 aromatic rings. The first kappa shape index (κ1) is 14.7. The molecular formula is C17H22N2O. The van der Waals surface area contributed by atoms with Gasteiger partial charge in [-0.2, -0.15) is 0 Å². The van der Waals surface area contributed by atoms with Crippen LogP contribution < -0.4 is 5.32 Å². The summed E-state index contributed by atoms with van der Waals surface area (Å²) in [6.07, 6.45) is 3.78. The van der Waals surface area contributed by atoms with Crippen molar-refractivity contribution in [2.45, 2.75) is 33.5 Å². The number of hydrogen-bond acceptors (Lipinski definition) is 3. The smallest absolute Gasteiger partial charge is 0.0719 e. The summed E-state index contributed by atoms with van der Waals surface area (Å²) in [5.41, 5.74) is 4.96. The van der Waals surface area contributed by atoms with Gasteiger partial charge in [-0.3, -0.25) is 4.98 Å². The van der Waals surface area contributed by atoms with E-state index in [1.54, 1.807) is 0 Å². The molecule has 1 aromatic carbocycles. The number of rotatable bonds is 7. The van der Waals surface area contributed by atoms with Gasteiger partial charge in [-0.25, -0.2) is 0 Å². The Hall–Kier alpha value is -1.71. The second kappa shape index (κ2) is 7.78. The second-order valence-corrected chi connectivity index (χ2v) is 4.88. The van der Waals surface area contributed by atoms with E-state index in [0.29, 0.717) is 6.61 Å². The molecule has 2 rings (SSSR count). The minimum atomic E-state index is 0.681. The van der Waals surface area contributed by atoms with E-state index in [1.807, 2.05) is 19.3 Å². The quantitative estimate of drug-likeness (QED) is 0.839. The average molecular weight is 270 g/mol. The number of aryl methyl sites for hydroxylation is 1. The van der Waals surface area contributed by atoms with Crippen molar-refractivity contribution < 1.29 is 4.74 Å². The lowest BCUT2D eigenvalue weighted by Crippen LogP contribution is -2.14. The van der Waals surface area contributed by atoms with E-state index in [-0.39, 0.29) is 0 Å². The Morgan fingerprint density at radius 3 is 2.65 bits per heavy atom. The van der Waals surface area contributed by atoms with Crippen LogP contribution in [-0.4, -0.2) is 11.6 Å². The first-order valence-electron chi connectivity index (χ1n) is 7.05. The molecule has 0 aliphatic heterocycles. The third kappa shape index (κ3) is 4.44. The Labute approximate surface area is 121 Å². The zero-order chi connectivity index (χ0) is 14.2. The van der Waals surface area contributed by atoms with Crippen molar-refractivity contribution in [3.8, 4) is 0 Å². The van der Waals surface area contributed by atoms with Gasteiger partial charge in [-0.1, -0.05) is 30.3 Å². The Morgan fingerprint density at radius 2 is 1.90 bits per heavy atom. The molecule has 20 heavy (non-hydrogen) atoms. The summed E-state index contributed by atoms with van der Waals surface area (Å²) >= 11 is 0. The van der Waals surface area contributed by atoms with E-state index < -0.39 is 0 Å². The van der Waals surface area contributed by atoms with Crippen LogP contribution in [0.5, 0.6) is 0 Å². The molecule has 1 aromatic heterocycles. The largest absolute Gasteiger partial charge is 0.377 e. The molecule has 0 aliphatic rings. The van der Waals surface area contributed by atoms with Gasteiger partial charge in [0.2, 0.25) is 0 Å². The van der Waals surface area contributed by atoms with Gasteiger partial charge in [-0.05, 0) is 36.1 Å². The fraction of sp³-hybridized carbons (Fsp3) is 0.353. The molecule has 0 saturated carbocycles. The maximum absolute atomic E-state index is 5.50. The van der Waals surface area contributed by atoms with Crippen LogP contribution in [0.15, 0.2) is 42.7 Å². The van der Waals surface area contributed by atoms with Gasteiger partial charge in [0.05, 0.1) is 6.61 Å². The van der Waals surface area contributed by atoms with Gasteiger partial charge in [0.15, 0.2) is 0 Å². The summed E-state index contributed by atoms with van der Waals surface area (Å²) < 4.78 is 5.50. The van der Waals surface area contributed by atoms with Gasteiger partial charge in [0.1, 0.15) is 0 Å². The standard InChI is InChI=1S/C17H22N2O/c1-3-20-13-17-7-5-4-6-16(17)12-19-11-15-8-14(2)9-18-10-15/h4-10,19H,3,11-13H2,1-2H3. The molecule has 0 radical (unpaired) electrons. The lowest BCUT2D eigenvalue weighted by molar-refractivity contribution is 0.133. The van der Waals surface area contributed by atoms with Gasteiger partial charge in [0, 0.05) is 32.1 Å². The molecule has 0 unspecified atom stereocenters. The summed E-state index contributed by atoms with van der Waals surface area (Å²) in [5, 5.41) is 3.47. The highest BCUT2D eigenvalue weighted by Gasteiger charge is 2.01. The molecule has 3 heteroatoms. The van der Waals surface area contributed by atoms with Crippen LogP contribution in [0.25, 0.3) is 0 Å². The van der Waals surface area contributed by atoms with Crippen LogP contribution in [-0.2, 0) is 24.4 Å². The van der Waals surface area contributed by atoms with Crippen molar-refractivity contribution in [2.24, 2.45) is 0 Å². The predicted octanol–water partition coefficient (Wildman–Crippen LogP) is 3.22. The predicted molar refractivity (Wildman–Crippen MR) is 81.3 cm³/mol. The summed E-state index contributed by atoms with van der Waals surface area (Å²) in [6, 6.07) is 10.6. The lowest BCUT2D eigenvalue weighted by atomic mass is 10.1. The van der Waals surface area contributed by atoms with Crippen molar-refractivity contribution in [2.75, 3.05) is 6.61 Å². The van der Waals surface area contributed by atoms with E-state index in [4.69, 9.17) is 4.74 Å². The van der Waals surface area contributed by atoms with E-state index >= 15 is 0 Å². The maximum atomic E-state index is 5.50. The van der Waals surface area contributed by atoms with Crippen LogP contribution in [0, 0.1) is 6.92 Å². The first-order valence-corrected chi connectivity index (χ1v) is 7.05. The number of ether oxygens (including phenoxy) is 1. The highest BCUT2D eigenvalue weighted by molar-refractivity contribution is 5.26. The molecule has 0 bridgehead atoms. The number of nitrogens with zero attached hydrogens (tertiary/aromatic N) is 1. The first-order chi connectivity index (χ1) is 9.79. The Kier molecular flexibility index (Phi) is 5.71. The molecule has 1 N–H and O–H groups in total. The number of hydrogen-bond donors (Lipinski definition) is 1. The second-order valence-electron chi connectivity index (χ2n) is 4.88. The number of pyridine rings is 1. The van der Waals surface area contributed by atoms with E-state index in [0.717, 1.165) is 19.7 Å². The third-order valence-electron chi connectivity index (χ3n) is 3.16. The molecule has 3 nitrogen and oxygen atoms in total. The van der Waals surface area contributed by atoms with Gasteiger partial charge >= 0.3 is 0 Å². The molecule has 0 aliphatic carbocycles. The fourth-order valence-electron chi connectivity index (χ4n) is 2.14. The van der Waals surface area contributed by atoms with Crippen LogP contribution in [0.3, 0.4) is 0 Å². The fourth-order valence-corrected chi connectivity index (χ4v) is 2.14. The monoisotopic (exact) mass is 270 g/mol. The molecular weight excluding hydrogens is 248 g/mol. The van der Waals surface area contributed by atoms with Crippen molar-refractivity contribution in [3.63, 3.8) is 0 Å². The van der Waals surface area contributed by atoms with Crippen molar-refractivity contribution >= 4 is 0 Å². The zero-order valence-electron chi connectivity index (χ0n) is 12.2. The van der Waals surface area contributed by atoms with E-state index in [9.17, 15) is 0 Å². The van der Waals surface area contributed by atoms with Crippen molar-refractivity contribution in [1.29, 1.82) is 0 Å². The SMILES string of the molecule is CCOCc1ccccc1CNCc1cncc(C)c1. The summed E-state index contributed by atoms with van der Waals surface area (Å²) in [4.78, 5) is 4.21. The van der Waals surface area contributed by atoms with Gasteiger partial charge in [-0.15, -0.1) is 0 Å². The molecule has 0 spiro atoms. The molecule has 1 heterocycles. The highest BCUT2D eigenvalue weighted by atomic mass is 16.5. The van der Waals surface area contributed by atoms with E-state index in [1.165, 1.54) is 22.3 Å². The number of nitrogens with one attached hydrogen (secondary N) is 1. The average Bonchev–Trinajstić information content (AvgIpc) is 2.46. The highest BCUT2D eigenvalue weighted by Crippen LogP contribution is 2.10. The third-order valence-corrected chi connectivity index (χ3v) is 3.16. The maximum Gasteiger partial charge on any atom is 0.0719 e. The van der Waals surface area contributed by atoms with Gasteiger partial charge < -0.3 is 10.1 Å². The Bertz CT molecular complexity index is 540. The van der Waals surface area contributed by atoms with E-state index in [2.05, 4.69) is 47.6 Å². The lowest BCUT2D eigenvalue weighted by Gasteiger charge is -2.11. The summed E-state index contributed by atoms with van der Waals surface area (Å²) in [5.74, 6) is 0. The molecule has 0 saturated heterocycles. The zero-order valence-corrected chi connectivity index (χ0v) is 12.2. The topological polar surface area (TPSA) is 34.1 Å². The van der Waals surface area contributed by atoms with Gasteiger partial charge in [0.25, 0.3) is 0 Å². The minimum Gasteiger partial charge on any atom is -0.377 e. The van der Waals surface area contributed by atoms with Crippen LogP contribution in [0.1, 0.15) is 29.2 Å². The molecule has 0 fully saturated rings. The Morgan fingerprint density at radius 1 is 1.10 bits per heavy atom.